The van der Waals surface area contributed by atoms with E-state index in [1.165, 1.54) is 0 Å². The zero-order valence-electron chi connectivity index (χ0n) is 10.4. The van der Waals surface area contributed by atoms with Crippen molar-refractivity contribution in [1.29, 1.82) is 0 Å². The maximum atomic E-state index is 11.6. The first-order valence-electron chi connectivity index (χ1n) is 6.41. The van der Waals surface area contributed by atoms with Gasteiger partial charge < -0.3 is 15.2 Å². The maximum Gasteiger partial charge on any atom is 0.325 e. The van der Waals surface area contributed by atoms with Gasteiger partial charge in [0.1, 0.15) is 5.54 Å². The Kier molecular flexibility index (Phi) is 4.01. The molecule has 0 aromatic heterocycles. The van der Waals surface area contributed by atoms with E-state index in [1.807, 2.05) is 0 Å². The fourth-order valence-corrected chi connectivity index (χ4v) is 2.65. The van der Waals surface area contributed by atoms with Gasteiger partial charge in [0.2, 0.25) is 0 Å². The molecule has 1 aliphatic heterocycles. The van der Waals surface area contributed by atoms with Gasteiger partial charge in [-0.3, -0.25) is 9.69 Å². The van der Waals surface area contributed by atoms with E-state index in [0.29, 0.717) is 13.2 Å². The van der Waals surface area contributed by atoms with Crippen molar-refractivity contribution in [1.82, 2.24) is 10.2 Å². The Labute approximate surface area is 102 Å². The molecule has 0 aromatic rings. The lowest BCUT2D eigenvalue weighted by molar-refractivity contribution is -0.146. The summed E-state index contributed by atoms with van der Waals surface area (Å²) in [6.07, 6.45) is 3.04. The summed E-state index contributed by atoms with van der Waals surface area (Å²) >= 11 is 0. The van der Waals surface area contributed by atoms with Crippen LogP contribution in [0.5, 0.6) is 0 Å². The highest BCUT2D eigenvalue weighted by Crippen LogP contribution is 2.40. The van der Waals surface area contributed by atoms with Gasteiger partial charge in [-0.15, -0.1) is 0 Å². The molecule has 0 aromatic carbocycles. The number of hydrogen-bond donors (Lipinski definition) is 2. The van der Waals surface area contributed by atoms with Crippen molar-refractivity contribution in [2.75, 3.05) is 39.9 Å². The highest BCUT2D eigenvalue weighted by atomic mass is 16.5. The number of nitrogens with one attached hydrogen (secondary N) is 1. The predicted octanol–water partition coefficient (Wildman–Crippen LogP) is 0.162. The van der Waals surface area contributed by atoms with E-state index in [4.69, 9.17) is 4.74 Å². The zero-order valence-corrected chi connectivity index (χ0v) is 10.4. The molecule has 5 nitrogen and oxygen atoms in total. The molecule has 1 saturated carbocycles. The molecule has 2 N–H and O–H groups in total. The smallest absolute Gasteiger partial charge is 0.325 e. The largest absolute Gasteiger partial charge is 0.480 e. The first-order chi connectivity index (χ1) is 8.19. The third-order valence-corrected chi connectivity index (χ3v) is 3.89. The van der Waals surface area contributed by atoms with Crippen LogP contribution in [0, 0.1) is 5.92 Å². The van der Waals surface area contributed by atoms with Crippen molar-refractivity contribution in [3.63, 3.8) is 0 Å². The minimum Gasteiger partial charge on any atom is -0.480 e. The van der Waals surface area contributed by atoms with Crippen LogP contribution in [0.3, 0.4) is 0 Å². The molecular weight excluding hydrogens is 220 g/mol. The van der Waals surface area contributed by atoms with E-state index in [0.717, 1.165) is 39.0 Å². The summed E-state index contributed by atoms with van der Waals surface area (Å²) in [7, 11) is 1.76. The highest BCUT2D eigenvalue weighted by Gasteiger charge is 2.51. The molecule has 2 aliphatic rings. The third-order valence-electron chi connectivity index (χ3n) is 3.89. The Morgan fingerprint density at radius 3 is 2.82 bits per heavy atom. The number of carbonyl (C=O) groups is 1. The quantitative estimate of drug-likeness (QED) is 0.719. The second-order valence-corrected chi connectivity index (χ2v) is 5.04. The summed E-state index contributed by atoms with van der Waals surface area (Å²) in [5, 5.41) is 12.6. The fraction of sp³-hybridized carbons (Fsp3) is 0.917. The van der Waals surface area contributed by atoms with Crippen molar-refractivity contribution < 1.29 is 14.6 Å². The summed E-state index contributed by atoms with van der Waals surface area (Å²) in [6.45, 7) is 3.86. The van der Waals surface area contributed by atoms with Crippen molar-refractivity contribution >= 4 is 5.97 Å². The van der Waals surface area contributed by atoms with Crippen molar-refractivity contribution in [3.8, 4) is 0 Å². The molecular formula is C12H22N2O3. The lowest BCUT2D eigenvalue weighted by Gasteiger charge is -2.34. The first kappa shape index (κ1) is 12.8. The summed E-state index contributed by atoms with van der Waals surface area (Å²) in [5.41, 5.74) is -0.760. The summed E-state index contributed by atoms with van der Waals surface area (Å²) in [6, 6.07) is 0. The van der Waals surface area contributed by atoms with Crippen molar-refractivity contribution in [2.45, 2.75) is 24.8 Å². The number of aliphatic carboxylic acids is 1. The normalized spacial score (nSPS) is 26.2. The fourth-order valence-electron chi connectivity index (χ4n) is 2.65. The second-order valence-electron chi connectivity index (χ2n) is 5.04. The van der Waals surface area contributed by atoms with Crippen LogP contribution in [0.4, 0.5) is 0 Å². The number of rotatable bonds is 5. The summed E-state index contributed by atoms with van der Waals surface area (Å²) in [4.78, 5) is 13.8. The van der Waals surface area contributed by atoms with Crippen LogP contribution in [0.2, 0.25) is 0 Å². The standard InChI is InChI=1S/C12H22N2O3/c1-13-12(11(15)16,10-3-4-10)9-14-5-2-7-17-8-6-14/h10,13H,2-9H2,1H3,(H,15,16). The average Bonchev–Trinajstić information content (AvgIpc) is 3.13. The van der Waals surface area contributed by atoms with E-state index < -0.39 is 11.5 Å². The Bertz CT molecular complexity index is 273. The Hall–Kier alpha value is -0.650. The molecule has 17 heavy (non-hydrogen) atoms. The van der Waals surface area contributed by atoms with Gasteiger partial charge in [-0.05, 0) is 32.2 Å². The van der Waals surface area contributed by atoms with Gasteiger partial charge in [-0.2, -0.15) is 0 Å². The molecule has 0 amide bonds. The molecule has 0 radical (unpaired) electrons. The van der Waals surface area contributed by atoms with Crippen LogP contribution < -0.4 is 5.32 Å². The molecule has 1 heterocycles. The second kappa shape index (κ2) is 5.33. The summed E-state index contributed by atoms with van der Waals surface area (Å²) < 4.78 is 5.40. The van der Waals surface area contributed by atoms with Gasteiger partial charge >= 0.3 is 5.97 Å². The van der Waals surface area contributed by atoms with Gasteiger partial charge in [0.25, 0.3) is 0 Å². The van der Waals surface area contributed by atoms with Crippen LogP contribution in [0.25, 0.3) is 0 Å². The van der Waals surface area contributed by atoms with E-state index in [-0.39, 0.29) is 5.92 Å². The lowest BCUT2D eigenvalue weighted by Crippen LogP contribution is -2.59. The summed E-state index contributed by atoms with van der Waals surface area (Å²) in [5.74, 6) is -0.429. The predicted molar refractivity (Wildman–Crippen MR) is 64.0 cm³/mol. The topological polar surface area (TPSA) is 61.8 Å². The number of ether oxygens (including phenoxy) is 1. The lowest BCUT2D eigenvalue weighted by atomic mass is 9.92. The molecule has 1 atom stereocenters. The molecule has 98 valence electrons. The van der Waals surface area contributed by atoms with E-state index in [9.17, 15) is 9.90 Å². The van der Waals surface area contributed by atoms with E-state index in [2.05, 4.69) is 10.2 Å². The Balaban J connectivity index is 2.02. The maximum absolute atomic E-state index is 11.6. The minimum atomic E-state index is -0.760. The van der Waals surface area contributed by atoms with Crippen molar-refractivity contribution in [3.05, 3.63) is 0 Å². The van der Waals surface area contributed by atoms with Gasteiger partial charge in [-0.25, -0.2) is 0 Å². The number of carboxylic acids is 1. The number of carboxylic acid groups (broad SMARTS) is 1. The SMILES string of the molecule is CNC(CN1CCCOCC1)(C(=O)O)C1CC1. The monoisotopic (exact) mass is 242 g/mol. The van der Waals surface area contributed by atoms with Crippen LogP contribution in [0.15, 0.2) is 0 Å². The third kappa shape index (κ3) is 2.78. The van der Waals surface area contributed by atoms with Crippen LogP contribution in [0.1, 0.15) is 19.3 Å². The number of nitrogens with zero attached hydrogens (tertiary/aromatic N) is 1. The Morgan fingerprint density at radius 1 is 1.47 bits per heavy atom. The van der Waals surface area contributed by atoms with Crippen molar-refractivity contribution in [2.24, 2.45) is 5.92 Å². The minimum absolute atomic E-state index is 0.286. The van der Waals surface area contributed by atoms with Crippen LogP contribution in [-0.2, 0) is 9.53 Å². The van der Waals surface area contributed by atoms with E-state index in [1.54, 1.807) is 7.05 Å². The molecule has 2 fully saturated rings. The molecule has 0 spiro atoms. The molecule has 5 heteroatoms. The molecule has 1 aliphatic carbocycles. The first-order valence-corrected chi connectivity index (χ1v) is 6.41. The van der Waals surface area contributed by atoms with Crippen LogP contribution in [-0.4, -0.2) is 61.4 Å². The van der Waals surface area contributed by atoms with Gasteiger partial charge in [0.05, 0.1) is 6.61 Å². The average molecular weight is 242 g/mol. The number of likely N-dealkylation sites (N-methyl/N-ethyl adjacent to an activating group) is 1. The molecule has 1 unspecified atom stereocenters. The zero-order chi connectivity index (χ0) is 12.3. The van der Waals surface area contributed by atoms with Gasteiger partial charge in [-0.1, -0.05) is 0 Å². The highest BCUT2D eigenvalue weighted by molar-refractivity contribution is 5.80. The molecule has 0 bridgehead atoms. The number of hydrogen-bond acceptors (Lipinski definition) is 4. The van der Waals surface area contributed by atoms with E-state index >= 15 is 0 Å². The Morgan fingerprint density at radius 2 is 2.24 bits per heavy atom. The van der Waals surface area contributed by atoms with Crippen LogP contribution >= 0.6 is 0 Å². The van der Waals surface area contributed by atoms with Gasteiger partial charge in [0.15, 0.2) is 0 Å². The van der Waals surface area contributed by atoms with Gasteiger partial charge in [0, 0.05) is 26.2 Å². The molecule has 1 saturated heterocycles. The molecule has 2 rings (SSSR count).